The highest BCUT2D eigenvalue weighted by molar-refractivity contribution is 6.30. The zero-order valence-corrected chi connectivity index (χ0v) is 22.0. The van der Waals surface area contributed by atoms with Gasteiger partial charge in [0.15, 0.2) is 0 Å². The summed E-state index contributed by atoms with van der Waals surface area (Å²) in [6, 6.07) is 22.7. The largest absolute Gasteiger partial charge is 0.350 e. The summed E-state index contributed by atoms with van der Waals surface area (Å²) in [6.07, 6.45) is 0.651. The molecule has 4 nitrogen and oxygen atoms in total. The van der Waals surface area contributed by atoms with Gasteiger partial charge in [-0.05, 0) is 74.6 Å². The van der Waals surface area contributed by atoms with Crippen LogP contribution in [0.15, 0.2) is 72.8 Å². The number of rotatable bonds is 8. The van der Waals surface area contributed by atoms with Crippen molar-refractivity contribution in [3.05, 3.63) is 106 Å². The van der Waals surface area contributed by atoms with Crippen LogP contribution in [-0.4, -0.2) is 28.3 Å². The van der Waals surface area contributed by atoms with E-state index in [4.69, 9.17) is 11.6 Å². The quantitative estimate of drug-likeness (QED) is 0.417. The van der Waals surface area contributed by atoms with Gasteiger partial charge in [-0.15, -0.1) is 0 Å². The van der Waals surface area contributed by atoms with E-state index in [1.54, 1.807) is 4.90 Å². The van der Waals surface area contributed by atoms with Gasteiger partial charge in [0.05, 0.1) is 6.42 Å². The number of hydrogen-bond donors (Lipinski definition) is 1. The summed E-state index contributed by atoms with van der Waals surface area (Å²) >= 11 is 6.09. The zero-order chi connectivity index (χ0) is 25.6. The molecule has 0 aliphatic rings. The minimum absolute atomic E-state index is 0.0896. The minimum atomic E-state index is -0.661. The average Bonchev–Trinajstić information content (AvgIpc) is 2.79. The predicted octanol–water partition coefficient (Wildman–Crippen LogP) is 6.05. The van der Waals surface area contributed by atoms with Crippen molar-refractivity contribution in [1.29, 1.82) is 0 Å². The molecular weight excluding hydrogens is 456 g/mol. The summed E-state index contributed by atoms with van der Waals surface area (Å²) < 4.78 is 0. The van der Waals surface area contributed by atoms with E-state index in [0.29, 0.717) is 18.0 Å². The molecule has 1 N–H and O–H groups in total. The Kier molecular flexibility index (Phi) is 8.74. The number of carbonyl (C=O) groups excluding carboxylic acids is 2. The maximum Gasteiger partial charge on any atom is 0.243 e. The fourth-order valence-electron chi connectivity index (χ4n) is 3.98. The molecule has 0 aliphatic heterocycles. The Labute approximate surface area is 214 Å². The lowest BCUT2D eigenvalue weighted by Gasteiger charge is -2.34. The molecular formula is C30H35ClN2O2. The summed E-state index contributed by atoms with van der Waals surface area (Å²) in [5.41, 5.74) is 4.77. The number of amides is 2. The second-order valence-electron chi connectivity index (χ2n) is 10.2. The first-order valence-corrected chi connectivity index (χ1v) is 12.4. The first-order chi connectivity index (χ1) is 16.5. The number of halogens is 1. The second kappa shape index (κ2) is 11.5. The van der Waals surface area contributed by atoms with Crippen LogP contribution < -0.4 is 5.32 Å². The molecule has 0 saturated heterocycles. The molecule has 0 heterocycles. The van der Waals surface area contributed by atoms with E-state index < -0.39 is 11.6 Å². The SMILES string of the molecule is Cc1ccc(CC(=O)N(Cc2ccc(Cl)cc2)C(Cc2ccccc2)C(=O)NC(C)(C)C)cc1C. The first kappa shape index (κ1) is 26.5. The van der Waals surface area contributed by atoms with E-state index in [9.17, 15) is 9.59 Å². The number of hydrogen-bond acceptors (Lipinski definition) is 2. The molecule has 5 heteroatoms. The van der Waals surface area contributed by atoms with Crippen LogP contribution in [0.5, 0.6) is 0 Å². The number of benzene rings is 3. The molecule has 0 bridgehead atoms. The second-order valence-corrected chi connectivity index (χ2v) is 10.6. The summed E-state index contributed by atoms with van der Waals surface area (Å²) in [4.78, 5) is 29.1. The van der Waals surface area contributed by atoms with Crippen LogP contribution in [0.25, 0.3) is 0 Å². The van der Waals surface area contributed by atoms with Crippen molar-refractivity contribution in [2.24, 2.45) is 0 Å². The fraction of sp³-hybridized carbons (Fsp3) is 0.333. The van der Waals surface area contributed by atoms with Crippen molar-refractivity contribution in [3.63, 3.8) is 0 Å². The summed E-state index contributed by atoms with van der Waals surface area (Å²) in [6.45, 7) is 10.3. The minimum Gasteiger partial charge on any atom is -0.350 e. The average molecular weight is 491 g/mol. The molecule has 3 aromatic carbocycles. The molecule has 3 rings (SSSR count). The highest BCUT2D eigenvalue weighted by Crippen LogP contribution is 2.19. The maximum atomic E-state index is 13.8. The van der Waals surface area contributed by atoms with E-state index >= 15 is 0 Å². The highest BCUT2D eigenvalue weighted by Gasteiger charge is 2.32. The normalized spacial score (nSPS) is 12.2. The molecule has 0 saturated carbocycles. The Morgan fingerprint density at radius 1 is 0.857 bits per heavy atom. The smallest absolute Gasteiger partial charge is 0.243 e. The van der Waals surface area contributed by atoms with Gasteiger partial charge in [-0.2, -0.15) is 0 Å². The third kappa shape index (κ3) is 7.97. The Balaban J connectivity index is 1.99. The van der Waals surface area contributed by atoms with E-state index in [0.717, 1.165) is 22.3 Å². The van der Waals surface area contributed by atoms with Gasteiger partial charge in [-0.1, -0.05) is 72.3 Å². The van der Waals surface area contributed by atoms with Crippen molar-refractivity contribution in [2.45, 2.75) is 65.6 Å². The first-order valence-electron chi connectivity index (χ1n) is 12.0. The number of aryl methyl sites for hydroxylation is 2. The van der Waals surface area contributed by atoms with Crippen LogP contribution in [0.1, 0.15) is 48.6 Å². The summed E-state index contributed by atoms with van der Waals surface area (Å²) in [5.74, 6) is -0.253. The van der Waals surface area contributed by atoms with Crippen LogP contribution >= 0.6 is 11.6 Å². The van der Waals surface area contributed by atoms with Crippen molar-refractivity contribution >= 4 is 23.4 Å². The lowest BCUT2D eigenvalue weighted by atomic mass is 9.99. The van der Waals surface area contributed by atoms with Gasteiger partial charge in [0.1, 0.15) is 6.04 Å². The molecule has 184 valence electrons. The Bertz CT molecular complexity index is 1150. The Morgan fingerprint density at radius 3 is 2.09 bits per heavy atom. The van der Waals surface area contributed by atoms with Gasteiger partial charge in [0, 0.05) is 23.5 Å². The van der Waals surface area contributed by atoms with Crippen molar-refractivity contribution in [1.82, 2.24) is 10.2 Å². The lowest BCUT2D eigenvalue weighted by Crippen LogP contribution is -2.54. The monoisotopic (exact) mass is 490 g/mol. The van der Waals surface area contributed by atoms with Crippen molar-refractivity contribution in [2.75, 3.05) is 0 Å². The van der Waals surface area contributed by atoms with Crippen LogP contribution in [0.4, 0.5) is 0 Å². The van der Waals surface area contributed by atoms with Gasteiger partial charge in [0.2, 0.25) is 11.8 Å². The van der Waals surface area contributed by atoms with Crippen molar-refractivity contribution in [3.8, 4) is 0 Å². The molecule has 2 amide bonds. The van der Waals surface area contributed by atoms with Gasteiger partial charge < -0.3 is 10.2 Å². The molecule has 0 aromatic heterocycles. The van der Waals surface area contributed by atoms with E-state index in [1.165, 1.54) is 5.56 Å². The molecule has 1 atom stereocenters. The van der Waals surface area contributed by atoms with Gasteiger partial charge >= 0.3 is 0 Å². The molecule has 1 unspecified atom stereocenters. The van der Waals surface area contributed by atoms with Crippen molar-refractivity contribution < 1.29 is 9.59 Å². The highest BCUT2D eigenvalue weighted by atomic mass is 35.5. The van der Waals surface area contributed by atoms with Gasteiger partial charge in [0.25, 0.3) is 0 Å². The van der Waals surface area contributed by atoms with Crippen LogP contribution in [0, 0.1) is 13.8 Å². The lowest BCUT2D eigenvalue weighted by molar-refractivity contribution is -0.141. The maximum absolute atomic E-state index is 13.8. The Hall–Kier alpha value is -3.11. The number of nitrogens with zero attached hydrogens (tertiary/aromatic N) is 1. The van der Waals surface area contributed by atoms with Gasteiger partial charge in [-0.25, -0.2) is 0 Å². The third-order valence-electron chi connectivity index (χ3n) is 5.96. The molecule has 0 radical (unpaired) electrons. The standard InChI is InChI=1S/C30H35ClN2O2/c1-21-11-12-25(17-22(21)2)19-28(34)33(20-24-13-15-26(31)16-14-24)27(29(35)32-30(3,4)5)18-23-9-7-6-8-10-23/h6-17,27H,18-20H2,1-5H3,(H,32,35). The third-order valence-corrected chi connectivity index (χ3v) is 6.21. The molecule has 0 spiro atoms. The van der Waals surface area contributed by atoms with Gasteiger partial charge in [-0.3, -0.25) is 9.59 Å². The van der Waals surface area contributed by atoms with Crippen LogP contribution in [-0.2, 0) is 29.0 Å². The molecule has 35 heavy (non-hydrogen) atoms. The number of nitrogens with one attached hydrogen (secondary N) is 1. The topological polar surface area (TPSA) is 49.4 Å². The fourth-order valence-corrected chi connectivity index (χ4v) is 4.11. The van der Waals surface area contributed by atoms with Crippen LogP contribution in [0.3, 0.4) is 0 Å². The van der Waals surface area contributed by atoms with E-state index in [2.05, 4.69) is 18.3 Å². The Morgan fingerprint density at radius 2 is 1.49 bits per heavy atom. The van der Waals surface area contributed by atoms with E-state index in [-0.39, 0.29) is 18.2 Å². The zero-order valence-electron chi connectivity index (χ0n) is 21.3. The summed E-state index contributed by atoms with van der Waals surface area (Å²) in [7, 11) is 0. The molecule has 3 aromatic rings. The predicted molar refractivity (Wildman–Crippen MR) is 143 cm³/mol. The number of carbonyl (C=O) groups is 2. The van der Waals surface area contributed by atoms with Crippen LogP contribution in [0.2, 0.25) is 5.02 Å². The summed E-state index contributed by atoms with van der Waals surface area (Å²) in [5, 5.41) is 3.73. The molecule has 0 aliphatic carbocycles. The van der Waals surface area contributed by atoms with E-state index in [1.807, 2.05) is 94.4 Å². The molecule has 0 fully saturated rings.